The van der Waals surface area contributed by atoms with Crippen LogP contribution in [0.4, 0.5) is 0 Å². The normalized spacial score (nSPS) is 19.3. The fourth-order valence-corrected chi connectivity index (χ4v) is 3.36. The second kappa shape index (κ2) is 13.0. The maximum atomic E-state index is 12.4. The Kier molecular flexibility index (Phi) is 14.7. The third kappa shape index (κ3) is 11.2. The molecule has 0 aliphatic carbocycles. The molecule has 0 aromatic heterocycles. The molecule has 0 saturated carbocycles. The standard InChI is InChI=1S/C9H15Br4Cl2O4P/c10-1-7(12)4-17-20(16,18-5-8(13)2-11)19-6-9(15)3-14/h7-9H,1-6H2. The molecule has 11 heteroatoms. The van der Waals surface area contributed by atoms with Crippen LogP contribution in [0, 0.1) is 0 Å². The van der Waals surface area contributed by atoms with E-state index in [4.69, 9.17) is 36.8 Å². The molecule has 0 rings (SSSR count). The molecule has 0 aliphatic rings. The summed E-state index contributed by atoms with van der Waals surface area (Å²) in [6.45, 7) is 0.347. The van der Waals surface area contributed by atoms with Crippen molar-refractivity contribution in [3.8, 4) is 0 Å². The first-order valence-corrected chi connectivity index (χ1v) is 12.0. The highest BCUT2D eigenvalue weighted by Gasteiger charge is 2.29. The van der Waals surface area contributed by atoms with Crippen molar-refractivity contribution in [2.24, 2.45) is 0 Å². The van der Waals surface area contributed by atoms with Crippen LogP contribution in [0.3, 0.4) is 0 Å². The van der Waals surface area contributed by atoms with E-state index < -0.39 is 13.2 Å². The molecule has 0 amide bonds. The Labute approximate surface area is 163 Å². The van der Waals surface area contributed by atoms with Crippen LogP contribution < -0.4 is 0 Å². The van der Waals surface area contributed by atoms with E-state index in [2.05, 4.69) is 63.7 Å². The van der Waals surface area contributed by atoms with Gasteiger partial charge in [-0.25, -0.2) is 4.57 Å². The molecule has 0 aromatic carbocycles. The minimum Gasteiger partial charge on any atom is -0.286 e. The van der Waals surface area contributed by atoms with E-state index in [9.17, 15) is 4.57 Å². The Bertz CT molecular complexity index is 260. The van der Waals surface area contributed by atoms with E-state index in [1.807, 2.05) is 0 Å². The highest BCUT2D eigenvalue weighted by Crippen LogP contribution is 2.50. The first kappa shape index (κ1) is 22.6. The van der Waals surface area contributed by atoms with Gasteiger partial charge in [0.25, 0.3) is 0 Å². The van der Waals surface area contributed by atoms with Gasteiger partial charge in [-0.2, -0.15) is 0 Å². The van der Waals surface area contributed by atoms with Crippen LogP contribution in [0.5, 0.6) is 0 Å². The van der Waals surface area contributed by atoms with Crippen molar-refractivity contribution in [2.45, 2.75) is 15.0 Å². The molecule has 3 unspecified atom stereocenters. The van der Waals surface area contributed by atoms with Gasteiger partial charge in [-0.05, 0) is 0 Å². The second-order valence-electron chi connectivity index (χ2n) is 3.59. The lowest BCUT2D eigenvalue weighted by Crippen LogP contribution is -2.17. The van der Waals surface area contributed by atoms with Crippen molar-refractivity contribution < 1.29 is 18.1 Å². The fraction of sp³-hybridized carbons (Fsp3) is 1.00. The lowest BCUT2D eigenvalue weighted by molar-refractivity contribution is 0.117. The lowest BCUT2D eigenvalue weighted by Gasteiger charge is -2.21. The summed E-state index contributed by atoms with van der Waals surface area (Å²) in [6, 6.07) is 0. The summed E-state index contributed by atoms with van der Waals surface area (Å²) in [5.74, 6) is 0.187. The van der Waals surface area contributed by atoms with E-state index in [-0.39, 0.29) is 35.4 Å². The fourth-order valence-electron chi connectivity index (χ4n) is 0.762. The summed E-state index contributed by atoms with van der Waals surface area (Å²) in [5, 5.41) is 0.842. The van der Waals surface area contributed by atoms with Crippen LogP contribution in [-0.4, -0.2) is 51.4 Å². The van der Waals surface area contributed by atoms with Crippen molar-refractivity contribution in [3.05, 3.63) is 0 Å². The van der Waals surface area contributed by atoms with E-state index in [1.165, 1.54) is 0 Å². The van der Waals surface area contributed by atoms with Gasteiger partial charge in [-0.3, -0.25) is 13.6 Å². The lowest BCUT2D eigenvalue weighted by atomic mass is 10.5. The van der Waals surface area contributed by atoms with E-state index in [0.717, 1.165) is 0 Å². The summed E-state index contributed by atoms with van der Waals surface area (Å²) < 4.78 is 28.2. The molecule has 0 bridgehead atoms. The number of hydrogen-bond donors (Lipinski definition) is 0. The van der Waals surface area contributed by atoms with Crippen LogP contribution in [0.2, 0.25) is 0 Å². The number of halogens is 6. The minimum absolute atomic E-state index is 0.00112. The highest BCUT2D eigenvalue weighted by molar-refractivity contribution is 9.12. The largest absolute Gasteiger partial charge is 0.474 e. The Hall–Kier alpha value is 2.61. The van der Waals surface area contributed by atoms with Gasteiger partial charge in [-0.15, -0.1) is 23.2 Å². The third-order valence-electron chi connectivity index (χ3n) is 1.74. The Morgan fingerprint density at radius 1 is 0.950 bits per heavy atom. The predicted octanol–water partition coefficient (Wildman–Crippen LogP) is 5.31. The maximum Gasteiger partial charge on any atom is 0.474 e. The molecule has 0 aliphatic heterocycles. The molecule has 0 radical (unpaired) electrons. The van der Waals surface area contributed by atoms with Crippen molar-refractivity contribution >= 4 is 94.7 Å². The van der Waals surface area contributed by atoms with Crippen LogP contribution in [0.15, 0.2) is 0 Å². The molecule has 3 atom stereocenters. The smallest absolute Gasteiger partial charge is 0.286 e. The Balaban J connectivity index is 4.45. The topological polar surface area (TPSA) is 44.8 Å². The number of phosphoric ester groups is 1. The number of rotatable bonds is 12. The van der Waals surface area contributed by atoms with Gasteiger partial charge < -0.3 is 0 Å². The summed E-state index contributed by atoms with van der Waals surface area (Å²) in [5.41, 5.74) is 0. The van der Waals surface area contributed by atoms with E-state index in [1.54, 1.807) is 0 Å². The van der Waals surface area contributed by atoms with Gasteiger partial charge in [-0.1, -0.05) is 63.7 Å². The van der Waals surface area contributed by atoms with Crippen molar-refractivity contribution in [3.63, 3.8) is 0 Å². The average Bonchev–Trinajstić information content (AvgIpc) is 2.47. The van der Waals surface area contributed by atoms with E-state index >= 15 is 0 Å². The highest BCUT2D eigenvalue weighted by atomic mass is 79.9. The summed E-state index contributed by atoms with van der Waals surface area (Å²) >= 11 is 24.7. The summed E-state index contributed by atoms with van der Waals surface area (Å²) in [6.07, 6.45) is 0. The van der Waals surface area contributed by atoms with Crippen LogP contribution >= 0.6 is 94.7 Å². The molecule has 0 fully saturated rings. The molecule has 20 heavy (non-hydrogen) atoms. The van der Waals surface area contributed by atoms with Crippen molar-refractivity contribution in [2.75, 3.05) is 36.4 Å². The minimum atomic E-state index is -3.67. The average molecular weight is 609 g/mol. The first-order valence-electron chi connectivity index (χ1n) is 5.50. The molecular weight excluding hydrogens is 594 g/mol. The van der Waals surface area contributed by atoms with Gasteiger partial charge >= 0.3 is 7.82 Å². The van der Waals surface area contributed by atoms with Crippen LogP contribution in [0.25, 0.3) is 0 Å². The molecule has 122 valence electrons. The summed E-state index contributed by atoms with van der Waals surface area (Å²) in [4.78, 5) is -0.00224. The zero-order valence-electron chi connectivity index (χ0n) is 10.3. The molecule has 0 saturated heterocycles. The molecule has 0 aromatic rings. The number of phosphoric acid groups is 1. The van der Waals surface area contributed by atoms with Crippen molar-refractivity contribution in [1.82, 2.24) is 0 Å². The summed E-state index contributed by atoms with van der Waals surface area (Å²) in [7, 11) is -3.67. The second-order valence-corrected chi connectivity index (χ2v) is 10.1. The van der Waals surface area contributed by atoms with Gasteiger partial charge in [0.1, 0.15) is 0 Å². The zero-order valence-corrected chi connectivity index (χ0v) is 19.1. The zero-order chi connectivity index (χ0) is 15.6. The van der Waals surface area contributed by atoms with Gasteiger partial charge in [0.2, 0.25) is 0 Å². The van der Waals surface area contributed by atoms with E-state index in [0.29, 0.717) is 10.7 Å². The van der Waals surface area contributed by atoms with Gasteiger partial charge in [0.05, 0.1) is 25.2 Å². The molecular formula is C9H15Br4Cl2O4P. The van der Waals surface area contributed by atoms with Crippen LogP contribution in [-0.2, 0) is 18.1 Å². The molecule has 0 spiro atoms. The molecule has 0 heterocycles. The van der Waals surface area contributed by atoms with Gasteiger partial charge in [0, 0.05) is 26.2 Å². The number of alkyl halides is 6. The first-order chi connectivity index (χ1) is 9.36. The SMILES string of the molecule is O=P(OCC(Cl)CCl)(OCC(Br)CBr)OCC(Br)CBr. The van der Waals surface area contributed by atoms with Crippen LogP contribution in [0.1, 0.15) is 0 Å². The predicted molar refractivity (Wildman–Crippen MR) is 98.8 cm³/mol. The monoisotopic (exact) mass is 604 g/mol. The Morgan fingerprint density at radius 2 is 1.35 bits per heavy atom. The number of hydrogen-bond acceptors (Lipinski definition) is 4. The molecule has 0 N–H and O–H groups in total. The molecule has 4 nitrogen and oxygen atoms in total. The van der Waals surface area contributed by atoms with Gasteiger partial charge in [0.15, 0.2) is 0 Å². The van der Waals surface area contributed by atoms with Crippen molar-refractivity contribution in [1.29, 1.82) is 0 Å². The third-order valence-corrected chi connectivity index (χ3v) is 8.43. The quantitative estimate of drug-likeness (QED) is 0.223. The maximum absolute atomic E-state index is 12.4. The Morgan fingerprint density at radius 3 is 1.70 bits per heavy atom.